The van der Waals surface area contributed by atoms with Gasteiger partial charge in [0.2, 0.25) is 11.6 Å². The van der Waals surface area contributed by atoms with Crippen LogP contribution in [0.5, 0.6) is 5.75 Å². The molecule has 0 saturated carbocycles. The molecule has 0 fully saturated rings. The number of nitrogens with two attached hydrogens (primary N) is 1. The standard InChI is InChI=1S/C19H14Cl2N8O3/c1-9(10-2-5-12(30)6-3-10)23-25-19(31)15-16(11-4-7-13(20)14(21)8-11)29(28-24-15)18-17(22)26-32-27-18/h2-8,30H,1H3,(H2,22,26)(H,25,31)/b23-9-. The van der Waals surface area contributed by atoms with E-state index in [2.05, 4.69) is 35.8 Å². The smallest absolute Gasteiger partial charge is 0.294 e. The van der Waals surface area contributed by atoms with Gasteiger partial charge in [-0.25, -0.2) is 10.1 Å². The minimum absolute atomic E-state index is 0.0430. The highest BCUT2D eigenvalue weighted by Crippen LogP contribution is 2.31. The molecule has 4 aromatic rings. The number of aromatic nitrogens is 5. The van der Waals surface area contributed by atoms with Gasteiger partial charge in [0.1, 0.15) is 11.4 Å². The van der Waals surface area contributed by atoms with Gasteiger partial charge in [0, 0.05) is 5.56 Å². The van der Waals surface area contributed by atoms with E-state index in [0.717, 1.165) is 0 Å². The number of benzene rings is 2. The number of phenolic OH excluding ortho intramolecular Hbond substituents is 1. The van der Waals surface area contributed by atoms with Gasteiger partial charge in [0.15, 0.2) is 5.69 Å². The Bertz CT molecular complexity index is 1330. The topological polar surface area (TPSA) is 157 Å². The van der Waals surface area contributed by atoms with Crippen molar-refractivity contribution in [1.29, 1.82) is 0 Å². The van der Waals surface area contributed by atoms with Gasteiger partial charge in [-0.1, -0.05) is 34.5 Å². The van der Waals surface area contributed by atoms with Crippen molar-refractivity contribution in [2.75, 3.05) is 5.73 Å². The minimum Gasteiger partial charge on any atom is -0.508 e. The number of halogens is 2. The number of nitrogen functional groups attached to an aromatic ring is 1. The maximum Gasteiger partial charge on any atom is 0.294 e. The third-order valence-electron chi connectivity index (χ3n) is 4.38. The van der Waals surface area contributed by atoms with E-state index in [9.17, 15) is 9.90 Å². The molecule has 1 amide bonds. The van der Waals surface area contributed by atoms with Crippen molar-refractivity contribution in [2.24, 2.45) is 5.10 Å². The Balaban J connectivity index is 1.73. The van der Waals surface area contributed by atoms with Crippen LogP contribution >= 0.6 is 23.2 Å². The molecule has 0 unspecified atom stereocenters. The summed E-state index contributed by atoms with van der Waals surface area (Å²) in [6, 6.07) is 11.1. The van der Waals surface area contributed by atoms with Crippen LogP contribution in [0, 0.1) is 0 Å². The van der Waals surface area contributed by atoms with E-state index in [-0.39, 0.29) is 33.8 Å². The van der Waals surface area contributed by atoms with Crippen molar-refractivity contribution in [3.8, 4) is 22.8 Å². The monoisotopic (exact) mass is 472 g/mol. The number of anilines is 1. The number of hydrogen-bond donors (Lipinski definition) is 3. The van der Waals surface area contributed by atoms with Crippen molar-refractivity contribution in [2.45, 2.75) is 6.92 Å². The number of phenols is 1. The van der Waals surface area contributed by atoms with E-state index < -0.39 is 5.91 Å². The average Bonchev–Trinajstić information content (AvgIpc) is 3.40. The lowest BCUT2D eigenvalue weighted by Crippen LogP contribution is -2.21. The largest absolute Gasteiger partial charge is 0.508 e. The number of carbonyl (C=O) groups excluding carboxylic acids is 1. The molecule has 4 rings (SSSR count). The molecule has 4 N–H and O–H groups in total. The molecule has 2 aromatic carbocycles. The fraction of sp³-hybridized carbons (Fsp3) is 0.0526. The first kappa shape index (κ1) is 21.3. The van der Waals surface area contributed by atoms with Crippen LogP contribution in [0.15, 0.2) is 52.2 Å². The molecule has 0 bridgehead atoms. The van der Waals surface area contributed by atoms with Crippen LogP contribution < -0.4 is 11.2 Å². The molecule has 0 radical (unpaired) electrons. The normalized spacial score (nSPS) is 11.5. The van der Waals surface area contributed by atoms with Crippen LogP contribution in [0.2, 0.25) is 10.0 Å². The van der Waals surface area contributed by atoms with Gasteiger partial charge in [-0.3, -0.25) is 4.79 Å². The Kier molecular flexibility index (Phi) is 5.75. The van der Waals surface area contributed by atoms with Crippen molar-refractivity contribution in [1.82, 2.24) is 30.7 Å². The summed E-state index contributed by atoms with van der Waals surface area (Å²) >= 11 is 12.2. The van der Waals surface area contributed by atoms with Gasteiger partial charge in [-0.15, -0.1) is 5.10 Å². The van der Waals surface area contributed by atoms with Gasteiger partial charge in [-0.05, 0) is 59.2 Å². The molecule has 0 aliphatic heterocycles. The van der Waals surface area contributed by atoms with E-state index in [1.165, 1.54) is 16.8 Å². The molecule has 2 heterocycles. The SMILES string of the molecule is C/C(=N/NC(=O)c1nnn(-c2nonc2N)c1-c1ccc(Cl)c(Cl)c1)c1ccc(O)cc1. The number of hydrazone groups is 1. The van der Waals surface area contributed by atoms with Crippen molar-refractivity contribution < 1.29 is 14.5 Å². The summed E-state index contributed by atoms with van der Waals surface area (Å²) in [4.78, 5) is 12.9. The summed E-state index contributed by atoms with van der Waals surface area (Å²) in [7, 11) is 0. The molecule has 11 nitrogen and oxygen atoms in total. The van der Waals surface area contributed by atoms with Gasteiger partial charge in [0.25, 0.3) is 5.91 Å². The average molecular weight is 473 g/mol. The van der Waals surface area contributed by atoms with Gasteiger partial charge in [0.05, 0.1) is 15.8 Å². The van der Waals surface area contributed by atoms with Crippen molar-refractivity contribution in [3.63, 3.8) is 0 Å². The summed E-state index contributed by atoms with van der Waals surface area (Å²) < 4.78 is 5.84. The third-order valence-corrected chi connectivity index (χ3v) is 5.12. The Morgan fingerprint density at radius 2 is 1.91 bits per heavy atom. The quantitative estimate of drug-likeness (QED) is 0.295. The highest BCUT2D eigenvalue weighted by atomic mass is 35.5. The predicted octanol–water partition coefficient (Wildman–Crippen LogP) is 3.07. The zero-order valence-electron chi connectivity index (χ0n) is 16.3. The first-order valence-corrected chi connectivity index (χ1v) is 9.74. The second-order valence-electron chi connectivity index (χ2n) is 6.49. The summed E-state index contributed by atoms with van der Waals surface area (Å²) in [6.45, 7) is 1.70. The summed E-state index contributed by atoms with van der Waals surface area (Å²) in [5, 5.41) is 29.3. The first-order valence-electron chi connectivity index (χ1n) is 8.98. The molecule has 162 valence electrons. The van der Waals surface area contributed by atoms with Crippen LogP contribution in [0.3, 0.4) is 0 Å². The van der Waals surface area contributed by atoms with E-state index >= 15 is 0 Å². The maximum absolute atomic E-state index is 12.9. The van der Waals surface area contributed by atoms with E-state index in [4.69, 9.17) is 28.9 Å². The minimum atomic E-state index is -0.648. The number of nitrogens with zero attached hydrogens (tertiary/aromatic N) is 6. The Morgan fingerprint density at radius 1 is 1.16 bits per heavy atom. The summed E-state index contributed by atoms with van der Waals surface area (Å²) in [5.74, 6) is -0.536. The number of amides is 1. The molecule has 0 saturated heterocycles. The van der Waals surface area contributed by atoms with Crippen LogP contribution in [0.1, 0.15) is 23.0 Å². The predicted molar refractivity (Wildman–Crippen MR) is 117 cm³/mol. The Hall–Kier alpha value is -3.96. The lowest BCUT2D eigenvalue weighted by Gasteiger charge is -2.07. The van der Waals surface area contributed by atoms with Crippen LogP contribution in [-0.2, 0) is 0 Å². The Labute approximate surface area is 190 Å². The summed E-state index contributed by atoms with van der Waals surface area (Å²) in [5.41, 5.74) is 10.1. The lowest BCUT2D eigenvalue weighted by atomic mass is 10.1. The number of carbonyl (C=O) groups is 1. The highest BCUT2D eigenvalue weighted by Gasteiger charge is 2.25. The highest BCUT2D eigenvalue weighted by molar-refractivity contribution is 6.42. The molecule has 13 heteroatoms. The summed E-state index contributed by atoms with van der Waals surface area (Å²) in [6.07, 6.45) is 0. The second kappa shape index (κ2) is 8.65. The van der Waals surface area contributed by atoms with Crippen LogP contribution in [0.4, 0.5) is 5.82 Å². The van der Waals surface area contributed by atoms with E-state index in [1.54, 1.807) is 37.3 Å². The van der Waals surface area contributed by atoms with E-state index in [0.29, 0.717) is 21.9 Å². The molecule has 32 heavy (non-hydrogen) atoms. The third kappa shape index (κ3) is 4.11. The zero-order chi connectivity index (χ0) is 22.8. The lowest BCUT2D eigenvalue weighted by molar-refractivity contribution is 0.0950. The van der Waals surface area contributed by atoms with Crippen LogP contribution in [-0.4, -0.2) is 42.0 Å². The molecule has 0 spiro atoms. The molecule has 2 aromatic heterocycles. The molecule has 0 atom stereocenters. The second-order valence-corrected chi connectivity index (χ2v) is 7.30. The van der Waals surface area contributed by atoms with Gasteiger partial charge < -0.3 is 10.8 Å². The van der Waals surface area contributed by atoms with Gasteiger partial charge in [-0.2, -0.15) is 9.78 Å². The van der Waals surface area contributed by atoms with Crippen LogP contribution in [0.25, 0.3) is 17.1 Å². The number of rotatable bonds is 5. The Morgan fingerprint density at radius 3 is 2.56 bits per heavy atom. The molecule has 0 aliphatic rings. The molecular formula is C19H14Cl2N8O3. The van der Waals surface area contributed by atoms with E-state index in [1.807, 2.05) is 0 Å². The fourth-order valence-corrected chi connectivity index (χ4v) is 3.08. The number of aromatic hydroxyl groups is 1. The fourth-order valence-electron chi connectivity index (χ4n) is 2.78. The first-order chi connectivity index (χ1) is 15.3. The van der Waals surface area contributed by atoms with Gasteiger partial charge >= 0.3 is 0 Å². The molecule has 0 aliphatic carbocycles. The van der Waals surface area contributed by atoms with Crippen molar-refractivity contribution >= 4 is 40.6 Å². The molecular weight excluding hydrogens is 459 g/mol. The van der Waals surface area contributed by atoms with Crippen molar-refractivity contribution in [3.05, 3.63) is 63.8 Å². The number of hydrogen-bond acceptors (Lipinski definition) is 9. The zero-order valence-corrected chi connectivity index (χ0v) is 17.8. The maximum atomic E-state index is 12.9. The number of nitrogens with one attached hydrogen (secondary N) is 1.